The highest BCUT2D eigenvalue weighted by Gasteiger charge is 2.57. The Bertz CT molecular complexity index is 1450. The van der Waals surface area contributed by atoms with E-state index in [0.717, 1.165) is 23.3 Å². The average Bonchev–Trinajstić information content (AvgIpc) is 3.27. The van der Waals surface area contributed by atoms with Crippen molar-refractivity contribution in [3.05, 3.63) is 107 Å². The van der Waals surface area contributed by atoms with Crippen molar-refractivity contribution in [2.24, 2.45) is 0 Å². The number of nitrogens with zero attached hydrogens (tertiary/aromatic N) is 1. The van der Waals surface area contributed by atoms with E-state index >= 15 is 0 Å². The van der Waals surface area contributed by atoms with Crippen molar-refractivity contribution in [1.82, 2.24) is 10.2 Å². The number of halogens is 3. The van der Waals surface area contributed by atoms with Gasteiger partial charge in [0.05, 0.1) is 35.9 Å². The molecule has 1 spiro atoms. The van der Waals surface area contributed by atoms with E-state index in [9.17, 15) is 22.8 Å². The normalized spacial score (nSPS) is 24.4. The zero-order chi connectivity index (χ0) is 30.8. The number of ether oxygens (including phenoxy) is 3. The van der Waals surface area contributed by atoms with Crippen LogP contribution in [0.3, 0.4) is 0 Å². The number of alkyl carbamates (subject to hydrolysis) is 1. The van der Waals surface area contributed by atoms with Crippen molar-refractivity contribution in [2.45, 2.75) is 69.7 Å². The van der Waals surface area contributed by atoms with Crippen molar-refractivity contribution in [1.29, 1.82) is 0 Å². The first kappa shape index (κ1) is 30.4. The molecule has 2 fully saturated rings. The molecule has 43 heavy (non-hydrogen) atoms. The van der Waals surface area contributed by atoms with Gasteiger partial charge in [0, 0.05) is 0 Å². The first-order valence-corrected chi connectivity index (χ1v) is 14.2. The standard InChI is InChI=1S/C33H35F3N2O5/c1-22-16-26(18-28(17-22)33(34,35)36)23(2)42-21-32(27-12-8-5-9-13-27)15-14-31(24(3)43-29(39)37-31)20-38(32)30(40)41-19-25-10-6-4-7-11-25/h4-13,16-18,23-24H,14-15,19-21H2,1-3H3,(H,37,39)/t23-,24?,31?,32-/m1/s1. The van der Waals surface area contributed by atoms with Crippen LogP contribution in [0.1, 0.15) is 60.6 Å². The van der Waals surface area contributed by atoms with E-state index in [1.807, 2.05) is 60.7 Å². The number of alkyl halides is 3. The summed E-state index contributed by atoms with van der Waals surface area (Å²) < 4.78 is 58.3. The molecule has 7 nitrogen and oxygen atoms in total. The Morgan fingerprint density at radius 3 is 2.37 bits per heavy atom. The van der Waals surface area contributed by atoms with Crippen LogP contribution in [0, 0.1) is 6.92 Å². The average molecular weight is 597 g/mol. The highest BCUT2D eigenvalue weighted by atomic mass is 19.4. The van der Waals surface area contributed by atoms with Gasteiger partial charge >= 0.3 is 18.4 Å². The summed E-state index contributed by atoms with van der Waals surface area (Å²) >= 11 is 0. The molecule has 0 radical (unpaired) electrons. The van der Waals surface area contributed by atoms with E-state index in [-0.39, 0.29) is 19.8 Å². The van der Waals surface area contributed by atoms with Crippen LogP contribution in [0.4, 0.5) is 22.8 Å². The third-order valence-corrected chi connectivity index (χ3v) is 8.56. The summed E-state index contributed by atoms with van der Waals surface area (Å²) in [6, 6.07) is 22.5. The largest absolute Gasteiger partial charge is 0.445 e. The molecule has 2 aliphatic rings. The number of amides is 2. The lowest BCUT2D eigenvalue weighted by Crippen LogP contribution is -2.67. The summed E-state index contributed by atoms with van der Waals surface area (Å²) in [5, 5.41) is 2.93. The zero-order valence-electron chi connectivity index (χ0n) is 24.3. The Balaban J connectivity index is 1.49. The maximum absolute atomic E-state index is 14.0. The van der Waals surface area contributed by atoms with Crippen molar-refractivity contribution >= 4 is 12.2 Å². The zero-order valence-corrected chi connectivity index (χ0v) is 24.3. The van der Waals surface area contributed by atoms with Gasteiger partial charge < -0.3 is 19.5 Å². The van der Waals surface area contributed by atoms with Gasteiger partial charge in [-0.25, -0.2) is 9.59 Å². The van der Waals surface area contributed by atoms with Crippen molar-refractivity contribution in [3.63, 3.8) is 0 Å². The Kier molecular flexibility index (Phi) is 8.42. The Morgan fingerprint density at radius 1 is 1.07 bits per heavy atom. The second-order valence-corrected chi connectivity index (χ2v) is 11.4. The van der Waals surface area contributed by atoms with E-state index in [1.54, 1.807) is 31.7 Å². The molecule has 2 saturated heterocycles. The third-order valence-electron chi connectivity index (χ3n) is 8.56. The Hall–Kier alpha value is -4.05. The summed E-state index contributed by atoms with van der Waals surface area (Å²) in [4.78, 5) is 27.8. The molecule has 4 atom stereocenters. The summed E-state index contributed by atoms with van der Waals surface area (Å²) in [6.07, 6.45) is -6.03. The van der Waals surface area contributed by atoms with E-state index in [0.29, 0.717) is 24.0 Å². The second kappa shape index (κ2) is 11.9. The molecule has 2 amide bonds. The number of nitrogens with one attached hydrogen (secondary N) is 1. The van der Waals surface area contributed by atoms with Crippen molar-refractivity contribution < 1.29 is 37.0 Å². The monoisotopic (exact) mass is 596 g/mol. The highest BCUT2D eigenvalue weighted by Crippen LogP contribution is 2.45. The molecule has 0 bridgehead atoms. The maximum atomic E-state index is 14.0. The summed E-state index contributed by atoms with van der Waals surface area (Å²) in [5.41, 5.74) is -0.188. The molecule has 3 aromatic rings. The van der Waals surface area contributed by atoms with Crippen LogP contribution in [-0.2, 0) is 32.5 Å². The first-order valence-electron chi connectivity index (χ1n) is 14.2. The smallest absolute Gasteiger partial charge is 0.416 e. The van der Waals surface area contributed by atoms with Crippen molar-refractivity contribution in [2.75, 3.05) is 13.2 Å². The quantitative estimate of drug-likeness (QED) is 0.310. The minimum Gasteiger partial charge on any atom is -0.445 e. The van der Waals surface area contributed by atoms with Gasteiger partial charge in [0.2, 0.25) is 0 Å². The predicted octanol–water partition coefficient (Wildman–Crippen LogP) is 7.29. The van der Waals surface area contributed by atoms with Gasteiger partial charge in [-0.05, 0) is 62.4 Å². The van der Waals surface area contributed by atoms with Gasteiger partial charge in [0.25, 0.3) is 0 Å². The summed E-state index contributed by atoms with van der Waals surface area (Å²) in [5.74, 6) is 0. The highest BCUT2D eigenvalue weighted by molar-refractivity contribution is 5.73. The van der Waals surface area contributed by atoms with Crippen LogP contribution in [0.15, 0.2) is 78.9 Å². The Morgan fingerprint density at radius 2 is 1.74 bits per heavy atom. The molecule has 10 heteroatoms. The SMILES string of the molecule is Cc1cc([C@@H](C)OC[C@@]2(c3ccccc3)CCC3(CN2C(=O)OCc2ccccc2)NC(=O)OC3C)cc(C(F)(F)F)c1. The number of benzene rings is 3. The fraction of sp³-hybridized carbons (Fsp3) is 0.394. The fourth-order valence-electron chi connectivity index (χ4n) is 6.01. The lowest BCUT2D eigenvalue weighted by atomic mass is 9.73. The molecule has 0 aliphatic carbocycles. The van der Waals surface area contributed by atoms with E-state index in [4.69, 9.17) is 14.2 Å². The molecule has 0 aromatic heterocycles. The number of cyclic esters (lactones) is 1. The number of rotatable bonds is 7. The third kappa shape index (κ3) is 6.34. The van der Waals surface area contributed by atoms with Crippen LogP contribution >= 0.6 is 0 Å². The van der Waals surface area contributed by atoms with Gasteiger partial charge in [-0.1, -0.05) is 72.3 Å². The number of hydrogen-bond donors (Lipinski definition) is 1. The number of piperidine rings is 1. The topological polar surface area (TPSA) is 77.1 Å². The molecule has 228 valence electrons. The van der Waals surface area contributed by atoms with Crippen LogP contribution in [0.2, 0.25) is 0 Å². The van der Waals surface area contributed by atoms with Crippen LogP contribution in [0.5, 0.6) is 0 Å². The minimum absolute atomic E-state index is 0.0207. The molecular formula is C33H35F3N2O5. The molecule has 0 saturated carbocycles. The van der Waals surface area contributed by atoms with E-state index in [1.165, 1.54) is 0 Å². The second-order valence-electron chi connectivity index (χ2n) is 11.4. The summed E-state index contributed by atoms with van der Waals surface area (Å²) in [7, 11) is 0. The number of likely N-dealkylation sites (tertiary alicyclic amines) is 1. The molecule has 3 aromatic carbocycles. The molecule has 2 aliphatic heterocycles. The van der Waals surface area contributed by atoms with Gasteiger partial charge in [-0.15, -0.1) is 0 Å². The van der Waals surface area contributed by atoms with Crippen LogP contribution < -0.4 is 5.32 Å². The van der Waals surface area contributed by atoms with E-state index < -0.39 is 47.2 Å². The maximum Gasteiger partial charge on any atom is 0.416 e. The first-order chi connectivity index (χ1) is 20.4. The lowest BCUT2D eigenvalue weighted by molar-refractivity contribution is -0.137. The number of aryl methyl sites for hydroxylation is 1. The number of hydrogen-bond acceptors (Lipinski definition) is 5. The van der Waals surface area contributed by atoms with Crippen LogP contribution in [0.25, 0.3) is 0 Å². The molecule has 5 rings (SSSR count). The molecule has 2 unspecified atom stereocenters. The fourth-order valence-corrected chi connectivity index (χ4v) is 6.01. The van der Waals surface area contributed by atoms with Crippen molar-refractivity contribution in [3.8, 4) is 0 Å². The molecular weight excluding hydrogens is 561 g/mol. The minimum atomic E-state index is -4.49. The lowest BCUT2D eigenvalue weighted by Gasteiger charge is -2.52. The number of carbonyl (C=O) groups excluding carboxylic acids is 2. The Labute approximate surface area is 248 Å². The van der Waals surface area contributed by atoms with Gasteiger partial charge in [0.15, 0.2) is 0 Å². The van der Waals surface area contributed by atoms with Crippen LogP contribution in [-0.4, -0.2) is 41.9 Å². The molecule has 2 heterocycles. The molecule has 1 N–H and O–H groups in total. The number of carbonyl (C=O) groups is 2. The van der Waals surface area contributed by atoms with E-state index in [2.05, 4.69) is 5.32 Å². The summed E-state index contributed by atoms with van der Waals surface area (Å²) in [6.45, 7) is 5.20. The predicted molar refractivity (Wildman–Crippen MR) is 153 cm³/mol. The van der Waals surface area contributed by atoms with Gasteiger partial charge in [-0.3, -0.25) is 4.90 Å². The van der Waals surface area contributed by atoms with Gasteiger partial charge in [-0.2, -0.15) is 13.2 Å². The van der Waals surface area contributed by atoms with Gasteiger partial charge in [0.1, 0.15) is 12.7 Å².